The number of carbonyl (C=O) groups is 1. The van der Waals surface area contributed by atoms with Gasteiger partial charge >= 0.3 is 0 Å². The van der Waals surface area contributed by atoms with Crippen molar-refractivity contribution in [2.24, 2.45) is 5.41 Å². The topological polar surface area (TPSA) is 59.3 Å². The van der Waals surface area contributed by atoms with E-state index in [1.807, 2.05) is 19.9 Å². The standard InChI is InChI=1S/C16H22N4O/c1-10-7-11(2)20-14(18-10)13(9-17-20)15(21)19-12-5-6-16(3,4)8-12/h7,9,12H,5-6,8H2,1-4H3,(H,19,21). The Kier molecular flexibility index (Phi) is 3.23. The molecule has 1 fully saturated rings. The zero-order chi connectivity index (χ0) is 15.2. The van der Waals surface area contributed by atoms with Gasteiger partial charge in [-0.25, -0.2) is 9.50 Å². The first-order valence-corrected chi connectivity index (χ1v) is 7.49. The summed E-state index contributed by atoms with van der Waals surface area (Å²) in [7, 11) is 0. The number of aryl methyl sites for hydroxylation is 2. The average molecular weight is 286 g/mol. The van der Waals surface area contributed by atoms with Crippen LogP contribution >= 0.6 is 0 Å². The zero-order valence-electron chi connectivity index (χ0n) is 13.1. The van der Waals surface area contributed by atoms with Crippen LogP contribution in [0.4, 0.5) is 0 Å². The highest BCUT2D eigenvalue weighted by Crippen LogP contribution is 2.37. The fourth-order valence-electron chi connectivity index (χ4n) is 3.25. The van der Waals surface area contributed by atoms with E-state index in [1.54, 1.807) is 10.7 Å². The molecule has 1 atom stereocenters. The van der Waals surface area contributed by atoms with Gasteiger partial charge in [0.05, 0.1) is 6.20 Å². The second-order valence-electron chi connectivity index (χ2n) is 6.91. The summed E-state index contributed by atoms with van der Waals surface area (Å²) in [5, 5.41) is 7.41. The molecule has 5 nitrogen and oxygen atoms in total. The van der Waals surface area contributed by atoms with Crippen molar-refractivity contribution < 1.29 is 4.79 Å². The van der Waals surface area contributed by atoms with Gasteiger partial charge in [-0.15, -0.1) is 0 Å². The molecule has 2 aromatic heterocycles. The third-order valence-electron chi connectivity index (χ3n) is 4.33. The lowest BCUT2D eigenvalue weighted by Crippen LogP contribution is -2.33. The molecule has 1 saturated carbocycles. The third-order valence-corrected chi connectivity index (χ3v) is 4.33. The first kappa shape index (κ1) is 14.0. The largest absolute Gasteiger partial charge is 0.349 e. The molecule has 2 heterocycles. The van der Waals surface area contributed by atoms with E-state index in [4.69, 9.17) is 0 Å². The summed E-state index contributed by atoms with van der Waals surface area (Å²) in [6.45, 7) is 8.41. The van der Waals surface area contributed by atoms with Gasteiger partial charge < -0.3 is 5.32 Å². The van der Waals surface area contributed by atoms with Crippen molar-refractivity contribution in [3.8, 4) is 0 Å². The lowest BCUT2D eigenvalue weighted by Gasteiger charge is -2.17. The van der Waals surface area contributed by atoms with Gasteiger partial charge in [0, 0.05) is 17.4 Å². The van der Waals surface area contributed by atoms with Crippen LogP contribution in [0, 0.1) is 19.3 Å². The van der Waals surface area contributed by atoms with E-state index in [0.717, 1.165) is 30.7 Å². The number of rotatable bonds is 2. The Hall–Kier alpha value is -1.91. The van der Waals surface area contributed by atoms with E-state index in [0.29, 0.717) is 16.6 Å². The Morgan fingerprint density at radius 3 is 2.86 bits per heavy atom. The molecule has 1 unspecified atom stereocenters. The van der Waals surface area contributed by atoms with Gasteiger partial charge in [0.25, 0.3) is 5.91 Å². The molecule has 0 radical (unpaired) electrons. The third kappa shape index (κ3) is 2.64. The van der Waals surface area contributed by atoms with Crippen LogP contribution in [0.15, 0.2) is 12.3 Å². The van der Waals surface area contributed by atoms with Crippen molar-refractivity contribution in [3.05, 3.63) is 29.2 Å². The smallest absolute Gasteiger partial charge is 0.256 e. The number of hydrogen-bond donors (Lipinski definition) is 1. The summed E-state index contributed by atoms with van der Waals surface area (Å²) < 4.78 is 1.72. The molecule has 0 aromatic carbocycles. The summed E-state index contributed by atoms with van der Waals surface area (Å²) >= 11 is 0. The zero-order valence-corrected chi connectivity index (χ0v) is 13.1. The maximum Gasteiger partial charge on any atom is 0.256 e. The minimum Gasteiger partial charge on any atom is -0.349 e. The Morgan fingerprint density at radius 1 is 1.43 bits per heavy atom. The number of nitrogens with zero attached hydrogens (tertiary/aromatic N) is 3. The quantitative estimate of drug-likeness (QED) is 0.923. The SMILES string of the molecule is Cc1cc(C)n2ncc(C(=O)NC3CCC(C)(C)C3)c2n1. The molecule has 1 aliphatic carbocycles. The van der Waals surface area contributed by atoms with Crippen molar-refractivity contribution in [2.45, 2.75) is 53.0 Å². The maximum absolute atomic E-state index is 12.5. The molecule has 0 saturated heterocycles. The van der Waals surface area contributed by atoms with Crippen LogP contribution in [0.2, 0.25) is 0 Å². The summed E-state index contributed by atoms with van der Waals surface area (Å²) in [6, 6.07) is 2.22. The van der Waals surface area contributed by atoms with Crippen LogP contribution in [0.25, 0.3) is 5.65 Å². The van der Waals surface area contributed by atoms with Crippen LogP contribution in [0.5, 0.6) is 0 Å². The first-order valence-electron chi connectivity index (χ1n) is 7.49. The minimum absolute atomic E-state index is 0.0646. The number of aromatic nitrogens is 3. The van der Waals surface area contributed by atoms with Gasteiger partial charge in [0.1, 0.15) is 5.56 Å². The molecule has 21 heavy (non-hydrogen) atoms. The van der Waals surface area contributed by atoms with Crippen molar-refractivity contribution in [3.63, 3.8) is 0 Å². The van der Waals surface area contributed by atoms with Gasteiger partial charge in [0.2, 0.25) is 0 Å². The van der Waals surface area contributed by atoms with Gasteiger partial charge in [0.15, 0.2) is 5.65 Å². The van der Waals surface area contributed by atoms with E-state index in [-0.39, 0.29) is 11.9 Å². The fourth-order valence-corrected chi connectivity index (χ4v) is 3.25. The summed E-state index contributed by atoms with van der Waals surface area (Å²) in [4.78, 5) is 17.0. The molecule has 3 rings (SSSR count). The van der Waals surface area contributed by atoms with Crippen LogP contribution in [-0.4, -0.2) is 26.5 Å². The monoisotopic (exact) mass is 286 g/mol. The Balaban J connectivity index is 1.85. The van der Waals surface area contributed by atoms with Gasteiger partial charge in [-0.1, -0.05) is 13.8 Å². The molecule has 0 aliphatic heterocycles. The van der Waals surface area contributed by atoms with E-state index >= 15 is 0 Å². The summed E-state index contributed by atoms with van der Waals surface area (Å²) in [5.74, 6) is -0.0646. The van der Waals surface area contributed by atoms with E-state index in [1.165, 1.54) is 0 Å². The number of amides is 1. The van der Waals surface area contributed by atoms with Crippen LogP contribution < -0.4 is 5.32 Å². The molecule has 1 amide bonds. The maximum atomic E-state index is 12.5. The molecule has 5 heteroatoms. The van der Waals surface area contributed by atoms with Crippen molar-refractivity contribution in [2.75, 3.05) is 0 Å². The first-order chi connectivity index (χ1) is 9.85. The Labute approximate surface area is 124 Å². The normalized spacial score (nSPS) is 20.9. The lowest BCUT2D eigenvalue weighted by atomic mass is 9.92. The second-order valence-corrected chi connectivity index (χ2v) is 6.91. The Morgan fingerprint density at radius 2 is 2.19 bits per heavy atom. The molecule has 1 aliphatic rings. The van der Waals surface area contributed by atoms with Crippen LogP contribution in [0.3, 0.4) is 0 Å². The molecule has 1 N–H and O–H groups in total. The highest BCUT2D eigenvalue weighted by Gasteiger charge is 2.32. The predicted molar refractivity (Wildman–Crippen MR) is 81.3 cm³/mol. The van der Waals surface area contributed by atoms with Crippen molar-refractivity contribution >= 4 is 11.6 Å². The van der Waals surface area contributed by atoms with Gasteiger partial charge in [-0.2, -0.15) is 5.10 Å². The van der Waals surface area contributed by atoms with E-state index < -0.39 is 0 Å². The molecule has 0 spiro atoms. The van der Waals surface area contributed by atoms with Crippen molar-refractivity contribution in [1.82, 2.24) is 19.9 Å². The van der Waals surface area contributed by atoms with Gasteiger partial charge in [-0.3, -0.25) is 4.79 Å². The molecule has 0 bridgehead atoms. The van der Waals surface area contributed by atoms with E-state index in [9.17, 15) is 4.79 Å². The van der Waals surface area contributed by atoms with E-state index in [2.05, 4.69) is 29.2 Å². The number of nitrogens with one attached hydrogen (secondary N) is 1. The molecular weight excluding hydrogens is 264 g/mol. The van der Waals surface area contributed by atoms with Crippen LogP contribution in [0.1, 0.15) is 54.9 Å². The predicted octanol–water partition coefficient (Wildman–Crippen LogP) is 2.65. The number of fused-ring (bicyclic) bond motifs is 1. The highest BCUT2D eigenvalue weighted by atomic mass is 16.1. The molecule has 2 aromatic rings. The second kappa shape index (κ2) is 4.83. The fraction of sp³-hybridized carbons (Fsp3) is 0.562. The highest BCUT2D eigenvalue weighted by molar-refractivity contribution is 5.99. The molecular formula is C16H22N4O. The minimum atomic E-state index is -0.0646. The number of carbonyl (C=O) groups excluding carboxylic acids is 1. The molecule has 112 valence electrons. The van der Waals surface area contributed by atoms with Crippen molar-refractivity contribution in [1.29, 1.82) is 0 Å². The summed E-state index contributed by atoms with van der Waals surface area (Å²) in [6.07, 6.45) is 4.85. The Bertz CT molecular complexity index is 702. The van der Waals surface area contributed by atoms with Crippen LogP contribution in [-0.2, 0) is 0 Å². The summed E-state index contributed by atoms with van der Waals surface area (Å²) in [5.41, 5.74) is 3.41. The number of hydrogen-bond acceptors (Lipinski definition) is 3. The lowest BCUT2D eigenvalue weighted by molar-refractivity contribution is 0.0937. The average Bonchev–Trinajstić information content (AvgIpc) is 2.92. The van der Waals surface area contributed by atoms with Gasteiger partial charge in [-0.05, 0) is 44.6 Å².